The lowest BCUT2D eigenvalue weighted by Crippen LogP contribution is -2.43. The minimum absolute atomic E-state index is 0.184. The van der Waals surface area contributed by atoms with Crippen molar-refractivity contribution in [3.8, 4) is 5.75 Å². The average molecular weight is 370 g/mol. The molecule has 140 valence electrons. The molecule has 0 fully saturated rings. The van der Waals surface area contributed by atoms with Crippen LogP contribution in [-0.4, -0.2) is 44.0 Å². The van der Waals surface area contributed by atoms with Crippen LogP contribution in [0, 0.1) is 10.1 Å². The molecule has 2 aromatic carbocycles. The lowest BCUT2D eigenvalue weighted by Gasteiger charge is -2.28. The van der Waals surface area contributed by atoms with Crippen molar-refractivity contribution in [2.24, 2.45) is 0 Å². The number of ether oxygens (including phenoxy) is 1. The van der Waals surface area contributed by atoms with E-state index in [9.17, 15) is 19.7 Å². The van der Waals surface area contributed by atoms with Gasteiger partial charge in [0, 0.05) is 37.6 Å². The fourth-order valence-corrected chi connectivity index (χ4v) is 2.66. The molecule has 2 amide bonds. The molecule has 1 aliphatic rings. The van der Waals surface area contributed by atoms with Crippen LogP contribution in [0.5, 0.6) is 5.75 Å². The minimum atomic E-state index is -0.566. The van der Waals surface area contributed by atoms with E-state index in [0.717, 1.165) is 5.69 Å². The first-order chi connectivity index (χ1) is 12.8. The van der Waals surface area contributed by atoms with Crippen LogP contribution in [0.15, 0.2) is 42.5 Å². The number of hydrogen-bond acceptors (Lipinski definition) is 6. The monoisotopic (exact) mass is 370 g/mol. The number of nitrogens with one attached hydrogen (secondary N) is 1. The molecular formula is C18H18N4O5. The van der Waals surface area contributed by atoms with Gasteiger partial charge in [-0.3, -0.25) is 24.6 Å². The van der Waals surface area contributed by atoms with Crippen molar-refractivity contribution < 1.29 is 19.2 Å². The van der Waals surface area contributed by atoms with Gasteiger partial charge in [-0.15, -0.1) is 0 Å². The third-order valence-electron chi connectivity index (χ3n) is 4.07. The fraction of sp³-hybridized carbons (Fsp3) is 0.222. The number of nitrogens with zero attached hydrogens (tertiary/aromatic N) is 3. The predicted molar refractivity (Wildman–Crippen MR) is 100 cm³/mol. The van der Waals surface area contributed by atoms with Gasteiger partial charge in [0.1, 0.15) is 12.3 Å². The first-order valence-electron chi connectivity index (χ1n) is 8.14. The van der Waals surface area contributed by atoms with Gasteiger partial charge in [0.2, 0.25) is 5.91 Å². The Morgan fingerprint density at radius 2 is 1.96 bits per heavy atom. The van der Waals surface area contributed by atoms with Crippen molar-refractivity contribution in [1.29, 1.82) is 0 Å². The number of amides is 2. The highest BCUT2D eigenvalue weighted by Gasteiger charge is 2.29. The van der Waals surface area contributed by atoms with Crippen LogP contribution >= 0.6 is 0 Å². The molecule has 0 radical (unpaired) electrons. The largest absolute Gasteiger partial charge is 0.482 e. The minimum Gasteiger partial charge on any atom is -0.482 e. The van der Waals surface area contributed by atoms with Gasteiger partial charge < -0.3 is 15.0 Å². The molecule has 0 aliphatic carbocycles. The highest BCUT2D eigenvalue weighted by molar-refractivity contribution is 6.05. The van der Waals surface area contributed by atoms with E-state index in [1.807, 2.05) is 31.1 Å². The Morgan fingerprint density at radius 3 is 2.59 bits per heavy atom. The van der Waals surface area contributed by atoms with Crippen molar-refractivity contribution >= 4 is 34.6 Å². The van der Waals surface area contributed by atoms with Crippen LogP contribution in [0.25, 0.3) is 0 Å². The second kappa shape index (κ2) is 7.32. The first-order valence-corrected chi connectivity index (χ1v) is 8.14. The van der Waals surface area contributed by atoms with E-state index in [-0.39, 0.29) is 24.5 Å². The maximum absolute atomic E-state index is 12.4. The van der Waals surface area contributed by atoms with Crippen molar-refractivity contribution in [3.63, 3.8) is 0 Å². The van der Waals surface area contributed by atoms with Crippen molar-refractivity contribution in [2.45, 2.75) is 0 Å². The van der Waals surface area contributed by atoms with Gasteiger partial charge in [0.05, 0.1) is 10.6 Å². The topological polar surface area (TPSA) is 105 Å². The molecule has 0 spiro atoms. The summed E-state index contributed by atoms with van der Waals surface area (Å²) in [6, 6.07) is 11.2. The summed E-state index contributed by atoms with van der Waals surface area (Å²) in [5.41, 5.74) is 1.60. The molecule has 9 nitrogen and oxygen atoms in total. The molecule has 1 heterocycles. The lowest BCUT2D eigenvalue weighted by molar-refractivity contribution is -0.384. The average Bonchev–Trinajstić information content (AvgIpc) is 2.64. The highest BCUT2D eigenvalue weighted by atomic mass is 16.6. The molecule has 0 saturated carbocycles. The summed E-state index contributed by atoms with van der Waals surface area (Å²) in [5.74, 6) is -0.537. The molecule has 1 N–H and O–H groups in total. The molecule has 0 bridgehead atoms. The Bertz CT molecular complexity index is 895. The Morgan fingerprint density at radius 1 is 1.26 bits per heavy atom. The number of hydrogen-bond donors (Lipinski definition) is 1. The zero-order valence-corrected chi connectivity index (χ0v) is 14.8. The Balaban J connectivity index is 1.76. The van der Waals surface area contributed by atoms with E-state index < -0.39 is 16.7 Å². The normalized spacial score (nSPS) is 12.8. The van der Waals surface area contributed by atoms with Crippen molar-refractivity contribution in [1.82, 2.24) is 0 Å². The molecule has 1 aliphatic heterocycles. The summed E-state index contributed by atoms with van der Waals surface area (Å²) in [4.78, 5) is 38.1. The number of nitro groups is 1. The summed E-state index contributed by atoms with van der Waals surface area (Å²) < 4.78 is 5.29. The van der Waals surface area contributed by atoms with Gasteiger partial charge >= 0.3 is 0 Å². The maximum Gasteiger partial charge on any atom is 0.271 e. The summed E-state index contributed by atoms with van der Waals surface area (Å²) in [6.07, 6.45) is 0. The third-order valence-corrected chi connectivity index (χ3v) is 4.07. The van der Waals surface area contributed by atoms with Crippen LogP contribution in [0.4, 0.5) is 22.7 Å². The summed E-state index contributed by atoms with van der Waals surface area (Å²) in [5, 5.41) is 13.7. The van der Waals surface area contributed by atoms with Gasteiger partial charge in [0.25, 0.3) is 11.6 Å². The van der Waals surface area contributed by atoms with Crippen LogP contribution < -0.4 is 19.9 Å². The number of carbonyl (C=O) groups excluding carboxylic acids is 2. The van der Waals surface area contributed by atoms with Gasteiger partial charge in [-0.05, 0) is 30.3 Å². The number of carbonyl (C=O) groups is 2. The number of anilines is 3. The van der Waals surface area contributed by atoms with Gasteiger partial charge in [0.15, 0.2) is 6.61 Å². The number of benzene rings is 2. The Kier molecular flexibility index (Phi) is 4.93. The maximum atomic E-state index is 12.4. The van der Waals surface area contributed by atoms with Crippen LogP contribution in [0.2, 0.25) is 0 Å². The van der Waals surface area contributed by atoms with Gasteiger partial charge in [-0.2, -0.15) is 0 Å². The zero-order valence-electron chi connectivity index (χ0n) is 14.8. The fourth-order valence-electron chi connectivity index (χ4n) is 2.66. The second-order valence-corrected chi connectivity index (χ2v) is 6.17. The standard InChI is InChI=1S/C18H18N4O5/c1-20(2)13-5-3-12(4-6-13)19-17(23)10-21-15-9-14(22(25)26)7-8-16(15)27-11-18(21)24/h3-9H,10-11H2,1-2H3,(H,19,23). The Labute approximate surface area is 155 Å². The van der Waals surface area contributed by atoms with Crippen LogP contribution in [-0.2, 0) is 9.59 Å². The first kappa shape index (κ1) is 18.2. The quantitative estimate of drug-likeness (QED) is 0.638. The van der Waals surface area contributed by atoms with Crippen LogP contribution in [0.1, 0.15) is 0 Å². The smallest absolute Gasteiger partial charge is 0.271 e. The molecular weight excluding hydrogens is 352 g/mol. The second-order valence-electron chi connectivity index (χ2n) is 6.17. The predicted octanol–water partition coefficient (Wildman–Crippen LogP) is 2.02. The van der Waals surface area contributed by atoms with E-state index in [1.54, 1.807) is 12.1 Å². The van der Waals surface area contributed by atoms with Gasteiger partial charge in [-0.1, -0.05) is 0 Å². The zero-order chi connectivity index (χ0) is 19.6. The molecule has 0 saturated heterocycles. The molecule has 0 unspecified atom stereocenters. The lowest BCUT2D eigenvalue weighted by atomic mass is 10.2. The third kappa shape index (κ3) is 3.97. The van der Waals surface area contributed by atoms with Crippen LogP contribution in [0.3, 0.4) is 0 Å². The SMILES string of the molecule is CN(C)c1ccc(NC(=O)CN2C(=O)COc3ccc([N+](=O)[O-])cc32)cc1. The number of non-ortho nitro benzene ring substituents is 1. The molecule has 2 aromatic rings. The van der Waals surface area contributed by atoms with Gasteiger partial charge in [-0.25, -0.2) is 0 Å². The van der Waals surface area contributed by atoms with E-state index >= 15 is 0 Å². The summed E-state index contributed by atoms with van der Waals surface area (Å²) in [6.45, 7) is -0.499. The summed E-state index contributed by atoms with van der Waals surface area (Å²) >= 11 is 0. The van der Waals surface area contributed by atoms with E-state index in [2.05, 4.69) is 5.32 Å². The Hall–Kier alpha value is -3.62. The highest BCUT2D eigenvalue weighted by Crippen LogP contribution is 2.35. The van der Waals surface area contributed by atoms with E-state index in [1.165, 1.54) is 23.1 Å². The van der Waals surface area contributed by atoms with E-state index in [4.69, 9.17) is 4.74 Å². The van der Waals surface area contributed by atoms with E-state index in [0.29, 0.717) is 11.4 Å². The number of fused-ring (bicyclic) bond motifs is 1. The molecule has 0 atom stereocenters. The molecule has 27 heavy (non-hydrogen) atoms. The molecule has 0 aromatic heterocycles. The number of rotatable bonds is 5. The molecule has 3 rings (SSSR count). The van der Waals surface area contributed by atoms with Crippen molar-refractivity contribution in [3.05, 3.63) is 52.6 Å². The molecule has 9 heteroatoms. The summed E-state index contributed by atoms with van der Waals surface area (Å²) in [7, 11) is 3.82. The van der Waals surface area contributed by atoms with Crippen molar-refractivity contribution in [2.75, 3.05) is 42.4 Å². The number of nitro benzene ring substituents is 1.